The topological polar surface area (TPSA) is 91.4 Å². The van der Waals surface area contributed by atoms with Gasteiger partial charge in [-0.2, -0.15) is 0 Å². The Kier molecular flexibility index (Phi) is 6.95. The van der Waals surface area contributed by atoms with Crippen LogP contribution in [0.2, 0.25) is 0 Å². The second-order valence-corrected chi connectivity index (χ2v) is 8.28. The van der Waals surface area contributed by atoms with E-state index in [4.69, 9.17) is 0 Å². The molecule has 2 heterocycles. The first-order valence-corrected chi connectivity index (χ1v) is 10.7. The minimum absolute atomic E-state index is 0.00305. The minimum atomic E-state index is -0.475. The van der Waals surface area contributed by atoms with E-state index >= 15 is 0 Å². The molecule has 3 rings (SSSR count). The lowest BCUT2D eigenvalue weighted by Gasteiger charge is -2.34. The summed E-state index contributed by atoms with van der Waals surface area (Å²) in [5, 5.41) is 8.38. The molecule has 27 heavy (non-hydrogen) atoms. The van der Waals surface area contributed by atoms with Crippen molar-refractivity contribution in [2.45, 2.75) is 57.0 Å². The Labute approximate surface area is 163 Å². The third kappa shape index (κ3) is 4.73. The molecule has 2 fully saturated rings. The highest BCUT2D eigenvalue weighted by molar-refractivity contribution is 7.09. The van der Waals surface area contributed by atoms with Crippen molar-refractivity contribution < 1.29 is 14.4 Å². The quantitative estimate of drug-likeness (QED) is 0.692. The predicted molar refractivity (Wildman–Crippen MR) is 104 cm³/mol. The number of likely N-dealkylation sites (N-methyl/N-ethyl adjacent to an activating group) is 1. The third-order valence-electron chi connectivity index (χ3n) is 5.52. The van der Waals surface area contributed by atoms with Gasteiger partial charge in [0.1, 0.15) is 16.7 Å². The molecule has 7 nitrogen and oxygen atoms in total. The number of aldehydes is 1. The van der Waals surface area contributed by atoms with Gasteiger partial charge in [0.05, 0.1) is 12.6 Å². The van der Waals surface area contributed by atoms with Crippen molar-refractivity contribution in [3.8, 4) is 0 Å². The molecule has 2 atom stereocenters. The van der Waals surface area contributed by atoms with E-state index in [1.54, 1.807) is 12.4 Å². The zero-order valence-electron chi connectivity index (χ0n) is 15.8. The van der Waals surface area contributed by atoms with Gasteiger partial charge in [0, 0.05) is 11.9 Å². The maximum absolute atomic E-state index is 13.4. The van der Waals surface area contributed by atoms with Crippen LogP contribution in [0.25, 0.3) is 0 Å². The number of hydrogen-bond donors (Lipinski definition) is 2. The van der Waals surface area contributed by atoms with E-state index < -0.39 is 6.04 Å². The monoisotopic (exact) mass is 392 g/mol. The maximum atomic E-state index is 13.4. The van der Waals surface area contributed by atoms with Crippen LogP contribution in [0.5, 0.6) is 0 Å². The molecule has 1 saturated heterocycles. The average molecular weight is 393 g/mol. The molecule has 1 aromatic rings. The molecule has 0 bridgehead atoms. The fourth-order valence-electron chi connectivity index (χ4n) is 4.21. The summed E-state index contributed by atoms with van der Waals surface area (Å²) in [7, 11) is 1.72. The van der Waals surface area contributed by atoms with E-state index in [9.17, 15) is 14.4 Å². The number of rotatable bonds is 7. The Morgan fingerprint density at radius 2 is 2.07 bits per heavy atom. The molecule has 2 aliphatic rings. The summed E-state index contributed by atoms with van der Waals surface area (Å²) in [4.78, 5) is 42.8. The average Bonchev–Trinajstić information content (AvgIpc) is 3.35. The normalized spacial score (nSPS) is 21.8. The number of thiazole rings is 1. The number of likely N-dealkylation sites (tertiary alicyclic amines) is 1. The van der Waals surface area contributed by atoms with Gasteiger partial charge in [-0.3, -0.25) is 14.4 Å². The highest BCUT2D eigenvalue weighted by Gasteiger charge is 2.39. The Hall–Kier alpha value is -1.80. The van der Waals surface area contributed by atoms with Crippen LogP contribution >= 0.6 is 11.3 Å². The number of carbonyl (C=O) groups is 3. The van der Waals surface area contributed by atoms with Crippen molar-refractivity contribution in [1.82, 2.24) is 20.5 Å². The van der Waals surface area contributed by atoms with E-state index in [2.05, 4.69) is 15.6 Å². The Morgan fingerprint density at radius 1 is 1.30 bits per heavy atom. The van der Waals surface area contributed by atoms with E-state index in [-0.39, 0.29) is 30.3 Å². The number of hydrogen-bond acceptors (Lipinski definition) is 6. The highest BCUT2D eigenvalue weighted by Crippen LogP contribution is 2.36. The van der Waals surface area contributed by atoms with Gasteiger partial charge in [-0.15, -0.1) is 11.3 Å². The molecule has 2 N–H and O–H groups in total. The van der Waals surface area contributed by atoms with Gasteiger partial charge in [0.25, 0.3) is 0 Å². The predicted octanol–water partition coefficient (Wildman–Crippen LogP) is 1.90. The maximum Gasteiger partial charge on any atom is 0.246 e. The molecule has 1 aliphatic carbocycles. The van der Waals surface area contributed by atoms with Crippen LogP contribution in [0.4, 0.5) is 0 Å². The lowest BCUT2D eigenvalue weighted by molar-refractivity contribution is -0.139. The first-order chi connectivity index (χ1) is 13.1. The molecule has 8 heteroatoms. The van der Waals surface area contributed by atoms with Crippen LogP contribution in [-0.2, 0) is 9.59 Å². The molecule has 1 aliphatic heterocycles. The summed E-state index contributed by atoms with van der Waals surface area (Å²) in [6.07, 6.45) is 7.85. The summed E-state index contributed by atoms with van der Waals surface area (Å²) in [5.74, 6) is 0.0431. The fourth-order valence-corrected chi connectivity index (χ4v) is 5.12. The number of nitrogens with zero attached hydrogens (tertiary/aromatic N) is 2. The van der Waals surface area contributed by atoms with Crippen molar-refractivity contribution in [3.05, 3.63) is 16.1 Å². The van der Waals surface area contributed by atoms with Gasteiger partial charge in [0.2, 0.25) is 11.8 Å². The SMILES string of the molecule is CNCC(=O)NC(C(=O)N1CCCC1c1nc(C=O)cs1)C1CCCCC1. The smallest absolute Gasteiger partial charge is 0.246 e. The van der Waals surface area contributed by atoms with Gasteiger partial charge in [-0.25, -0.2) is 4.98 Å². The van der Waals surface area contributed by atoms with Crippen LogP contribution in [0.1, 0.15) is 66.5 Å². The van der Waals surface area contributed by atoms with Crippen molar-refractivity contribution in [2.24, 2.45) is 5.92 Å². The number of aromatic nitrogens is 1. The summed E-state index contributed by atoms with van der Waals surface area (Å²) in [6.45, 7) is 0.875. The second kappa shape index (κ2) is 9.41. The standard InChI is InChI=1S/C19H28N4O3S/c1-20-10-16(25)22-17(13-6-3-2-4-7-13)19(26)23-9-5-8-15(23)18-21-14(11-24)12-27-18/h11-13,15,17,20H,2-10H2,1H3,(H,22,25). The third-order valence-corrected chi connectivity index (χ3v) is 6.49. The van der Waals surface area contributed by atoms with E-state index in [0.29, 0.717) is 12.2 Å². The van der Waals surface area contributed by atoms with E-state index in [0.717, 1.165) is 49.8 Å². The largest absolute Gasteiger partial charge is 0.343 e. The van der Waals surface area contributed by atoms with Crippen LogP contribution in [-0.4, -0.2) is 54.2 Å². The summed E-state index contributed by atoms with van der Waals surface area (Å²) >= 11 is 1.43. The van der Waals surface area contributed by atoms with Crippen LogP contribution in [0, 0.1) is 5.92 Å². The van der Waals surface area contributed by atoms with Crippen LogP contribution < -0.4 is 10.6 Å². The lowest BCUT2D eigenvalue weighted by atomic mass is 9.83. The van der Waals surface area contributed by atoms with Gasteiger partial charge < -0.3 is 15.5 Å². The highest BCUT2D eigenvalue weighted by atomic mass is 32.1. The zero-order chi connectivity index (χ0) is 19.2. The van der Waals surface area contributed by atoms with E-state index in [1.807, 2.05) is 4.90 Å². The molecule has 0 radical (unpaired) electrons. The van der Waals surface area contributed by atoms with Gasteiger partial charge in [0.15, 0.2) is 6.29 Å². The molecule has 2 amide bonds. The van der Waals surface area contributed by atoms with Crippen molar-refractivity contribution in [1.29, 1.82) is 0 Å². The summed E-state index contributed by atoms with van der Waals surface area (Å²) in [5.41, 5.74) is 0.417. The molecule has 2 unspecified atom stereocenters. The molecule has 0 spiro atoms. The number of amides is 2. The lowest BCUT2D eigenvalue weighted by Crippen LogP contribution is -2.53. The number of carbonyl (C=O) groups excluding carboxylic acids is 3. The zero-order valence-corrected chi connectivity index (χ0v) is 16.6. The van der Waals surface area contributed by atoms with Gasteiger partial charge >= 0.3 is 0 Å². The summed E-state index contributed by atoms with van der Waals surface area (Å²) < 4.78 is 0. The van der Waals surface area contributed by atoms with Crippen LogP contribution in [0.15, 0.2) is 5.38 Å². The minimum Gasteiger partial charge on any atom is -0.343 e. The van der Waals surface area contributed by atoms with Crippen molar-refractivity contribution in [3.63, 3.8) is 0 Å². The molecule has 1 aromatic heterocycles. The first kappa shape index (κ1) is 19.9. The van der Waals surface area contributed by atoms with E-state index in [1.165, 1.54) is 17.8 Å². The first-order valence-electron chi connectivity index (χ1n) is 9.79. The fraction of sp³-hybridized carbons (Fsp3) is 0.684. The second-order valence-electron chi connectivity index (χ2n) is 7.39. The molecule has 1 saturated carbocycles. The summed E-state index contributed by atoms with van der Waals surface area (Å²) in [6, 6.07) is -0.569. The Bertz CT molecular complexity index is 672. The molecular formula is C19H28N4O3S. The number of nitrogens with one attached hydrogen (secondary N) is 2. The van der Waals surface area contributed by atoms with Crippen molar-refractivity contribution >= 4 is 29.4 Å². The Morgan fingerprint density at radius 3 is 2.74 bits per heavy atom. The van der Waals surface area contributed by atoms with Gasteiger partial charge in [-0.05, 0) is 38.6 Å². The van der Waals surface area contributed by atoms with Gasteiger partial charge in [-0.1, -0.05) is 19.3 Å². The van der Waals surface area contributed by atoms with Crippen LogP contribution in [0.3, 0.4) is 0 Å². The Balaban J connectivity index is 1.78. The molecule has 0 aromatic carbocycles. The molecular weight excluding hydrogens is 364 g/mol. The van der Waals surface area contributed by atoms with Crippen molar-refractivity contribution in [2.75, 3.05) is 20.1 Å². The molecule has 148 valence electrons.